The fourth-order valence-electron chi connectivity index (χ4n) is 1.92. The molecule has 1 N–H and O–H groups in total. The first kappa shape index (κ1) is 12.4. The lowest BCUT2D eigenvalue weighted by atomic mass is 10.1. The van der Waals surface area contributed by atoms with Crippen LogP contribution in [0.25, 0.3) is 10.1 Å². The molecule has 0 radical (unpaired) electrons. The van der Waals surface area contributed by atoms with Crippen molar-refractivity contribution in [2.24, 2.45) is 5.92 Å². The summed E-state index contributed by atoms with van der Waals surface area (Å²) >= 11 is 1.77. The van der Waals surface area contributed by atoms with Crippen LogP contribution in [0.4, 0.5) is 5.82 Å². The van der Waals surface area contributed by atoms with Crippen molar-refractivity contribution in [2.75, 3.05) is 11.9 Å². The smallest absolute Gasteiger partial charge is 0.134 e. The summed E-state index contributed by atoms with van der Waals surface area (Å²) < 4.78 is 1.31. The van der Waals surface area contributed by atoms with Gasteiger partial charge in [0.2, 0.25) is 0 Å². The molecule has 0 saturated carbocycles. The van der Waals surface area contributed by atoms with Crippen LogP contribution < -0.4 is 5.32 Å². The van der Waals surface area contributed by atoms with Gasteiger partial charge in [0.1, 0.15) is 5.82 Å². The fraction of sp³-hybridized carbons (Fsp3) is 0.500. The molecule has 2 aromatic rings. The van der Waals surface area contributed by atoms with Crippen LogP contribution in [-0.2, 0) is 0 Å². The van der Waals surface area contributed by atoms with Crippen LogP contribution in [0.2, 0.25) is 0 Å². The first-order chi connectivity index (χ1) is 8.27. The average molecular weight is 248 g/mol. The lowest BCUT2D eigenvalue weighted by Crippen LogP contribution is -2.03. The predicted octanol–water partition coefficient (Wildman–Crippen LogP) is 4.53. The molecule has 0 unspecified atom stereocenters. The maximum atomic E-state index is 4.41. The minimum atomic E-state index is 0.813. The molecule has 0 bridgehead atoms. The van der Waals surface area contributed by atoms with Gasteiger partial charge in [0.15, 0.2) is 0 Å². The third-order valence-electron chi connectivity index (χ3n) is 2.88. The van der Waals surface area contributed by atoms with Gasteiger partial charge in [-0.2, -0.15) is 0 Å². The molecule has 0 amide bonds. The molecular weight excluding hydrogens is 228 g/mol. The van der Waals surface area contributed by atoms with E-state index in [2.05, 4.69) is 41.7 Å². The number of thiophene rings is 1. The Morgan fingerprint density at radius 2 is 2.18 bits per heavy atom. The molecule has 0 atom stereocenters. The summed E-state index contributed by atoms with van der Waals surface area (Å²) in [6, 6.07) is 4.22. The standard InChI is InChI=1S/C14H20N2S/c1-11(2)5-3-4-8-15-14-12-7-10-17-13(12)6-9-16-14/h6-7,9-11H,3-5,8H2,1-2H3,(H,15,16). The van der Waals surface area contributed by atoms with Gasteiger partial charge in [-0.05, 0) is 29.9 Å². The third-order valence-corrected chi connectivity index (χ3v) is 3.76. The van der Waals surface area contributed by atoms with E-state index in [0.717, 1.165) is 18.3 Å². The number of nitrogens with one attached hydrogen (secondary N) is 1. The maximum absolute atomic E-state index is 4.41. The van der Waals surface area contributed by atoms with E-state index in [9.17, 15) is 0 Å². The van der Waals surface area contributed by atoms with Gasteiger partial charge in [0, 0.05) is 22.8 Å². The van der Waals surface area contributed by atoms with Crippen molar-refractivity contribution in [1.82, 2.24) is 4.98 Å². The van der Waals surface area contributed by atoms with Crippen LogP contribution in [0.5, 0.6) is 0 Å². The summed E-state index contributed by atoms with van der Waals surface area (Å²) in [4.78, 5) is 4.41. The second-order valence-electron chi connectivity index (χ2n) is 4.81. The number of rotatable bonds is 6. The number of anilines is 1. The number of pyridine rings is 1. The Kier molecular flexibility index (Phi) is 4.37. The molecule has 0 aromatic carbocycles. The first-order valence-electron chi connectivity index (χ1n) is 6.33. The molecule has 0 fully saturated rings. The molecule has 0 aliphatic rings. The molecule has 0 aliphatic heterocycles. The molecule has 0 spiro atoms. The fourth-order valence-corrected chi connectivity index (χ4v) is 2.70. The van der Waals surface area contributed by atoms with Crippen LogP contribution in [0.3, 0.4) is 0 Å². The topological polar surface area (TPSA) is 24.9 Å². The highest BCUT2D eigenvalue weighted by Gasteiger charge is 2.02. The van der Waals surface area contributed by atoms with Crippen molar-refractivity contribution in [2.45, 2.75) is 33.1 Å². The largest absolute Gasteiger partial charge is 0.370 e. The van der Waals surface area contributed by atoms with E-state index in [4.69, 9.17) is 0 Å². The number of unbranched alkanes of at least 4 members (excludes halogenated alkanes) is 1. The minimum absolute atomic E-state index is 0.813. The number of aromatic nitrogens is 1. The van der Waals surface area contributed by atoms with Crippen molar-refractivity contribution >= 4 is 27.2 Å². The summed E-state index contributed by atoms with van der Waals surface area (Å²) in [5, 5.41) is 6.82. The van der Waals surface area contributed by atoms with Gasteiger partial charge in [0.05, 0.1) is 0 Å². The molecule has 2 aromatic heterocycles. The van der Waals surface area contributed by atoms with Gasteiger partial charge < -0.3 is 5.32 Å². The summed E-state index contributed by atoms with van der Waals surface area (Å²) in [5.74, 6) is 1.85. The van der Waals surface area contributed by atoms with Gasteiger partial charge in [-0.1, -0.05) is 26.7 Å². The zero-order valence-corrected chi connectivity index (χ0v) is 11.4. The van der Waals surface area contributed by atoms with Crippen molar-refractivity contribution in [3.63, 3.8) is 0 Å². The molecule has 0 aliphatic carbocycles. The SMILES string of the molecule is CC(C)CCCCNc1nccc2sccc12. The lowest BCUT2D eigenvalue weighted by Gasteiger charge is -2.07. The quantitative estimate of drug-likeness (QED) is 0.759. The summed E-state index contributed by atoms with van der Waals surface area (Å²) in [7, 11) is 0. The predicted molar refractivity (Wildman–Crippen MR) is 76.8 cm³/mol. The molecule has 0 saturated heterocycles. The molecule has 92 valence electrons. The first-order valence-corrected chi connectivity index (χ1v) is 7.21. The Bertz CT molecular complexity index is 462. The van der Waals surface area contributed by atoms with E-state index in [0.29, 0.717) is 0 Å². The van der Waals surface area contributed by atoms with Gasteiger partial charge >= 0.3 is 0 Å². The minimum Gasteiger partial charge on any atom is -0.370 e. The Hall–Kier alpha value is -1.09. The summed E-state index contributed by atoms with van der Waals surface area (Å²) in [5.41, 5.74) is 0. The van der Waals surface area contributed by atoms with E-state index in [1.54, 1.807) is 11.3 Å². The van der Waals surface area contributed by atoms with E-state index in [1.807, 2.05) is 6.20 Å². The Balaban J connectivity index is 1.84. The van der Waals surface area contributed by atoms with Crippen molar-refractivity contribution in [3.8, 4) is 0 Å². The summed E-state index contributed by atoms with van der Waals surface area (Å²) in [6.07, 6.45) is 5.72. The molecule has 2 heterocycles. The zero-order valence-electron chi connectivity index (χ0n) is 10.6. The van der Waals surface area contributed by atoms with Crippen molar-refractivity contribution in [3.05, 3.63) is 23.7 Å². The van der Waals surface area contributed by atoms with Crippen LogP contribution in [0, 0.1) is 5.92 Å². The van der Waals surface area contributed by atoms with Crippen molar-refractivity contribution in [1.29, 1.82) is 0 Å². The zero-order chi connectivity index (χ0) is 12.1. The second-order valence-corrected chi connectivity index (χ2v) is 5.76. The van der Waals surface area contributed by atoms with Crippen LogP contribution in [-0.4, -0.2) is 11.5 Å². The normalized spacial score (nSPS) is 11.2. The van der Waals surface area contributed by atoms with Gasteiger partial charge in [-0.15, -0.1) is 11.3 Å². The second kappa shape index (κ2) is 6.01. The third kappa shape index (κ3) is 3.43. The molecule has 17 heavy (non-hydrogen) atoms. The maximum Gasteiger partial charge on any atom is 0.134 e. The van der Waals surface area contributed by atoms with Crippen LogP contribution in [0.1, 0.15) is 33.1 Å². The van der Waals surface area contributed by atoms with E-state index >= 15 is 0 Å². The van der Waals surface area contributed by atoms with Gasteiger partial charge in [-0.3, -0.25) is 0 Å². The Morgan fingerprint density at radius 3 is 3.00 bits per heavy atom. The Labute approximate surface area is 107 Å². The molecular formula is C14H20N2S. The van der Waals surface area contributed by atoms with Crippen LogP contribution in [0.15, 0.2) is 23.7 Å². The lowest BCUT2D eigenvalue weighted by molar-refractivity contribution is 0.544. The number of fused-ring (bicyclic) bond motifs is 1. The van der Waals surface area contributed by atoms with E-state index < -0.39 is 0 Å². The monoisotopic (exact) mass is 248 g/mol. The highest BCUT2D eigenvalue weighted by Crippen LogP contribution is 2.25. The molecule has 3 heteroatoms. The van der Waals surface area contributed by atoms with Crippen LogP contribution >= 0.6 is 11.3 Å². The summed E-state index contributed by atoms with van der Waals surface area (Å²) in [6.45, 7) is 5.58. The highest BCUT2D eigenvalue weighted by molar-refractivity contribution is 7.17. The number of hydrogen-bond acceptors (Lipinski definition) is 3. The highest BCUT2D eigenvalue weighted by atomic mass is 32.1. The molecule has 2 nitrogen and oxygen atoms in total. The number of hydrogen-bond donors (Lipinski definition) is 1. The van der Waals surface area contributed by atoms with Crippen molar-refractivity contribution < 1.29 is 0 Å². The average Bonchev–Trinajstić information content (AvgIpc) is 2.77. The molecule has 2 rings (SSSR count). The van der Waals surface area contributed by atoms with Gasteiger partial charge in [0.25, 0.3) is 0 Å². The van der Waals surface area contributed by atoms with Gasteiger partial charge in [-0.25, -0.2) is 4.98 Å². The van der Waals surface area contributed by atoms with E-state index in [-0.39, 0.29) is 0 Å². The Morgan fingerprint density at radius 1 is 1.29 bits per heavy atom. The van der Waals surface area contributed by atoms with E-state index in [1.165, 1.54) is 29.3 Å². The number of nitrogens with zero attached hydrogens (tertiary/aromatic N) is 1.